The van der Waals surface area contributed by atoms with Crippen molar-refractivity contribution in [2.45, 2.75) is 43.9 Å². The molecule has 2 aromatic heterocycles. The zero-order valence-corrected chi connectivity index (χ0v) is 16.3. The normalized spacial score (nSPS) is 13.2. The van der Waals surface area contributed by atoms with Crippen LogP contribution < -0.4 is 0 Å². The van der Waals surface area contributed by atoms with E-state index in [1.807, 2.05) is 20.8 Å². The predicted molar refractivity (Wildman–Crippen MR) is 98.4 cm³/mol. The highest BCUT2D eigenvalue weighted by atomic mass is 32.2. The van der Waals surface area contributed by atoms with E-state index >= 15 is 0 Å². The van der Waals surface area contributed by atoms with Gasteiger partial charge in [-0.25, -0.2) is 17.4 Å². The van der Waals surface area contributed by atoms with Crippen molar-refractivity contribution in [3.8, 4) is 0 Å². The molecule has 2 heterocycles. The first-order chi connectivity index (χ1) is 12.9. The van der Waals surface area contributed by atoms with Crippen molar-refractivity contribution < 1.29 is 26.7 Å². The molecule has 0 atom stereocenters. The molecular weight excluding hydrogens is 393 g/mol. The smallest absolute Gasteiger partial charge is 0.390 e. The summed E-state index contributed by atoms with van der Waals surface area (Å²) in [7, 11) is -4.16. The topological polar surface area (TPSA) is 72.2 Å². The lowest BCUT2D eigenvalue weighted by Crippen LogP contribution is -2.18. The van der Waals surface area contributed by atoms with Gasteiger partial charge in [-0.3, -0.25) is 0 Å². The second-order valence-electron chi connectivity index (χ2n) is 7.44. The summed E-state index contributed by atoms with van der Waals surface area (Å²) in [4.78, 5) is 3.50. The van der Waals surface area contributed by atoms with Crippen molar-refractivity contribution >= 4 is 21.1 Å². The van der Waals surface area contributed by atoms with E-state index in [0.29, 0.717) is 0 Å². The van der Waals surface area contributed by atoms with Crippen molar-refractivity contribution in [1.29, 1.82) is 0 Å². The molecule has 1 aromatic carbocycles. The third-order valence-electron chi connectivity index (χ3n) is 4.38. The molecule has 0 saturated carbocycles. The Morgan fingerprint density at radius 1 is 1.07 bits per heavy atom. The highest BCUT2D eigenvalue weighted by Crippen LogP contribution is 2.32. The Morgan fingerprint density at radius 2 is 1.75 bits per heavy atom. The predicted octanol–water partition coefficient (Wildman–Crippen LogP) is 4.08. The van der Waals surface area contributed by atoms with Gasteiger partial charge in [0.1, 0.15) is 5.69 Å². The van der Waals surface area contributed by atoms with Gasteiger partial charge in [-0.1, -0.05) is 32.9 Å². The van der Waals surface area contributed by atoms with Crippen molar-refractivity contribution in [2.75, 3.05) is 0 Å². The summed E-state index contributed by atoms with van der Waals surface area (Å²) in [6, 6.07) is 9.27. The summed E-state index contributed by atoms with van der Waals surface area (Å²) < 4.78 is 66.1. The summed E-state index contributed by atoms with van der Waals surface area (Å²) >= 11 is 0. The fourth-order valence-corrected chi connectivity index (χ4v) is 4.47. The summed E-state index contributed by atoms with van der Waals surface area (Å²) in [5, 5.41) is 9.61. The Hall–Kier alpha value is -2.39. The van der Waals surface area contributed by atoms with E-state index in [2.05, 4.69) is 4.98 Å². The molecule has 0 aliphatic heterocycles. The van der Waals surface area contributed by atoms with E-state index in [0.717, 1.165) is 27.7 Å². The van der Waals surface area contributed by atoms with Gasteiger partial charge in [-0.15, -0.1) is 0 Å². The van der Waals surface area contributed by atoms with Crippen LogP contribution in [0.5, 0.6) is 0 Å². The number of fused-ring (bicyclic) bond motifs is 1. The molecule has 0 aliphatic carbocycles. The van der Waals surface area contributed by atoms with Crippen LogP contribution in [0.4, 0.5) is 13.2 Å². The standard InChI is InChI=1S/C19H19F3N2O3S/c1-18(2,3)12-5-4-6-14(9-12)28(26,27)24-13(11-25)10-15-16(24)7-8-17(23-15)19(20,21)22/h4-10,25H,11H2,1-3H3. The van der Waals surface area contributed by atoms with Crippen LogP contribution in [0.25, 0.3) is 11.0 Å². The zero-order chi connectivity index (χ0) is 20.9. The molecule has 0 spiro atoms. The average Bonchev–Trinajstić information content (AvgIpc) is 2.99. The fraction of sp³-hybridized carbons (Fsp3) is 0.316. The minimum Gasteiger partial charge on any atom is -0.390 e. The number of benzene rings is 1. The first-order valence-corrected chi connectivity index (χ1v) is 9.85. The molecule has 0 aliphatic rings. The molecular formula is C19H19F3N2O3S. The maximum Gasteiger partial charge on any atom is 0.433 e. The van der Waals surface area contributed by atoms with Gasteiger partial charge >= 0.3 is 6.18 Å². The van der Waals surface area contributed by atoms with E-state index < -0.39 is 28.5 Å². The van der Waals surface area contributed by atoms with Gasteiger partial charge in [-0.05, 0) is 41.3 Å². The van der Waals surface area contributed by atoms with Crippen molar-refractivity contribution in [3.05, 3.63) is 59.4 Å². The Labute approximate surface area is 160 Å². The van der Waals surface area contributed by atoms with Crippen LogP contribution in [0.3, 0.4) is 0 Å². The largest absolute Gasteiger partial charge is 0.433 e. The second-order valence-corrected chi connectivity index (χ2v) is 9.23. The molecule has 28 heavy (non-hydrogen) atoms. The van der Waals surface area contributed by atoms with Crippen LogP contribution in [-0.2, 0) is 28.2 Å². The van der Waals surface area contributed by atoms with E-state index in [-0.39, 0.29) is 27.0 Å². The lowest BCUT2D eigenvalue weighted by Gasteiger charge is -2.20. The molecule has 3 rings (SSSR count). The molecule has 0 saturated heterocycles. The minimum absolute atomic E-state index is 0.0213. The molecule has 5 nitrogen and oxygen atoms in total. The van der Waals surface area contributed by atoms with Gasteiger partial charge in [0.25, 0.3) is 10.0 Å². The Balaban J connectivity index is 2.25. The fourth-order valence-electron chi connectivity index (χ4n) is 2.90. The monoisotopic (exact) mass is 412 g/mol. The Morgan fingerprint density at radius 3 is 2.32 bits per heavy atom. The van der Waals surface area contributed by atoms with Crippen LogP contribution in [0, 0.1) is 0 Å². The van der Waals surface area contributed by atoms with Crippen LogP contribution in [0.2, 0.25) is 0 Å². The van der Waals surface area contributed by atoms with Crippen molar-refractivity contribution in [1.82, 2.24) is 8.96 Å². The van der Waals surface area contributed by atoms with Crippen LogP contribution >= 0.6 is 0 Å². The lowest BCUT2D eigenvalue weighted by molar-refractivity contribution is -0.140. The molecule has 1 N–H and O–H groups in total. The number of pyridine rings is 1. The third-order valence-corrected chi connectivity index (χ3v) is 6.14. The average molecular weight is 412 g/mol. The quantitative estimate of drug-likeness (QED) is 0.704. The highest BCUT2D eigenvalue weighted by molar-refractivity contribution is 7.90. The lowest BCUT2D eigenvalue weighted by atomic mass is 9.87. The summed E-state index contributed by atoms with van der Waals surface area (Å²) in [5.74, 6) is 0. The first kappa shape index (κ1) is 20.3. The number of nitrogens with zero attached hydrogens (tertiary/aromatic N) is 2. The van der Waals surface area contributed by atoms with Gasteiger partial charge in [0, 0.05) is 0 Å². The van der Waals surface area contributed by atoms with E-state index in [1.54, 1.807) is 12.1 Å². The molecule has 150 valence electrons. The van der Waals surface area contributed by atoms with E-state index in [9.17, 15) is 26.7 Å². The van der Waals surface area contributed by atoms with Crippen molar-refractivity contribution in [3.63, 3.8) is 0 Å². The second kappa shape index (κ2) is 6.59. The molecule has 0 fully saturated rings. The zero-order valence-electron chi connectivity index (χ0n) is 15.4. The third kappa shape index (κ3) is 3.51. The van der Waals surface area contributed by atoms with Crippen LogP contribution in [0.15, 0.2) is 47.4 Å². The number of hydrogen-bond acceptors (Lipinski definition) is 4. The first-order valence-electron chi connectivity index (χ1n) is 8.41. The number of aliphatic hydroxyl groups is 1. The number of halogens is 3. The van der Waals surface area contributed by atoms with E-state index in [1.165, 1.54) is 12.1 Å². The maximum atomic E-state index is 13.3. The summed E-state index contributed by atoms with van der Waals surface area (Å²) in [6.07, 6.45) is -4.66. The number of aliphatic hydroxyl groups excluding tert-OH is 1. The van der Waals surface area contributed by atoms with Gasteiger partial charge in [0.2, 0.25) is 0 Å². The Bertz CT molecular complexity index is 1140. The van der Waals surface area contributed by atoms with Gasteiger partial charge in [0.05, 0.1) is 28.2 Å². The number of hydrogen-bond donors (Lipinski definition) is 1. The van der Waals surface area contributed by atoms with E-state index in [4.69, 9.17) is 0 Å². The molecule has 3 aromatic rings. The molecule has 9 heteroatoms. The molecule has 0 unspecified atom stereocenters. The molecule has 0 amide bonds. The number of alkyl halides is 3. The van der Waals surface area contributed by atoms with Crippen LogP contribution in [-0.4, -0.2) is 22.5 Å². The van der Waals surface area contributed by atoms with Gasteiger partial charge < -0.3 is 5.11 Å². The van der Waals surface area contributed by atoms with Gasteiger partial charge in [-0.2, -0.15) is 13.2 Å². The highest BCUT2D eigenvalue weighted by Gasteiger charge is 2.33. The Kier molecular flexibility index (Phi) is 4.79. The maximum absolute atomic E-state index is 13.3. The van der Waals surface area contributed by atoms with Gasteiger partial charge in [0.15, 0.2) is 0 Å². The number of rotatable bonds is 3. The van der Waals surface area contributed by atoms with Crippen LogP contribution in [0.1, 0.15) is 37.7 Å². The molecule has 0 bridgehead atoms. The minimum atomic E-state index is -4.66. The van der Waals surface area contributed by atoms with Crippen molar-refractivity contribution in [2.24, 2.45) is 0 Å². The SMILES string of the molecule is CC(C)(C)c1cccc(S(=O)(=O)n2c(CO)cc3nc(C(F)(F)F)ccc32)c1. The summed E-state index contributed by atoms with van der Waals surface area (Å²) in [5.41, 5.74) is -0.898. The summed E-state index contributed by atoms with van der Waals surface area (Å²) in [6.45, 7) is 5.14. The molecule has 0 radical (unpaired) electrons. The number of aromatic nitrogens is 2.